The van der Waals surface area contributed by atoms with Crippen molar-refractivity contribution in [2.24, 2.45) is 0 Å². The number of halogens is 1. The first-order valence-corrected chi connectivity index (χ1v) is 13.7. The number of sulfonamides is 1. The van der Waals surface area contributed by atoms with Gasteiger partial charge >= 0.3 is 0 Å². The molecule has 188 valence electrons. The molecule has 9 nitrogen and oxygen atoms in total. The number of rotatable bonds is 6. The highest BCUT2D eigenvalue weighted by Gasteiger charge is 2.17. The van der Waals surface area contributed by atoms with Crippen molar-refractivity contribution >= 4 is 37.5 Å². The van der Waals surface area contributed by atoms with Gasteiger partial charge in [0.2, 0.25) is 10.0 Å². The largest absolute Gasteiger partial charge is 0.353 e. The third-order valence-electron chi connectivity index (χ3n) is 6.37. The van der Waals surface area contributed by atoms with Crippen molar-refractivity contribution < 1.29 is 12.8 Å². The summed E-state index contributed by atoms with van der Waals surface area (Å²) in [7, 11) is -3.41. The van der Waals surface area contributed by atoms with Crippen LogP contribution in [-0.4, -0.2) is 52.9 Å². The Morgan fingerprint density at radius 1 is 1.08 bits per heavy atom. The van der Waals surface area contributed by atoms with Crippen LogP contribution in [0.3, 0.4) is 0 Å². The highest BCUT2D eigenvalue weighted by Crippen LogP contribution is 2.33. The third kappa shape index (κ3) is 4.76. The van der Waals surface area contributed by atoms with Gasteiger partial charge in [0.25, 0.3) is 0 Å². The van der Waals surface area contributed by atoms with Gasteiger partial charge < -0.3 is 10.3 Å². The Labute approximate surface area is 212 Å². The van der Waals surface area contributed by atoms with Crippen LogP contribution in [-0.2, 0) is 16.6 Å². The number of aromatic nitrogens is 5. The molecule has 0 bridgehead atoms. The first kappa shape index (κ1) is 23.5. The number of nitrogens with one attached hydrogen (secondary N) is 4. The van der Waals surface area contributed by atoms with Crippen molar-refractivity contribution in [3.63, 3.8) is 0 Å². The predicted molar refractivity (Wildman–Crippen MR) is 142 cm³/mol. The standard InChI is InChI=1S/C26H24FN7O2S/c1-37(35,36)30-14-15-10-17(12-18(27)11-15)24-19-13-23(31-21(19)6-9-29-24)26-25-22(33-34-26)3-2-20(32-25)16-4-7-28-8-5-16/h2-4,6,9-13,28,30-31H,5,7-8,14H2,1H3,(H,33,34). The van der Waals surface area contributed by atoms with E-state index in [1.807, 2.05) is 24.3 Å². The molecule has 1 aromatic carbocycles. The SMILES string of the molecule is CS(=O)(=O)NCc1cc(F)cc(-c2nccc3[nH]c(-c4n[nH]c5ccc(C6=CCNCC6)nc45)cc23)c1. The summed E-state index contributed by atoms with van der Waals surface area (Å²) in [5.41, 5.74) is 7.62. The minimum Gasteiger partial charge on any atom is -0.353 e. The molecule has 1 aliphatic heterocycles. The van der Waals surface area contributed by atoms with Crippen LogP contribution >= 0.6 is 0 Å². The van der Waals surface area contributed by atoms with Crippen molar-refractivity contribution in [1.82, 2.24) is 35.2 Å². The molecule has 0 fully saturated rings. The van der Waals surface area contributed by atoms with E-state index in [9.17, 15) is 12.8 Å². The minimum atomic E-state index is -3.41. The Hall–Kier alpha value is -3.93. The number of pyridine rings is 2. The second-order valence-electron chi connectivity index (χ2n) is 9.09. The van der Waals surface area contributed by atoms with Crippen LogP contribution in [0.1, 0.15) is 17.7 Å². The normalized spacial score (nSPS) is 14.4. The van der Waals surface area contributed by atoms with Crippen molar-refractivity contribution in [2.45, 2.75) is 13.0 Å². The molecule has 0 unspecified atom stereocenters. The van der Waals surface area contributed by atoms with E-state index in [-0.39, 0.29) is 6.54 Å². The van der Waals surface area contributed by atoms with Gasteiger partial charge in [-0.05, 0) is 66.6 Å². The maximum Gasteiger partial charge on any atom is 0.209 e. The average Bonchev–Trinajstić information content (AvgIpc) is 3.51. The first-order chi connectivity index (χ1) is 17.8. The quantitative estimate of drug-likeness (QED) is 0.272. The van der Waals surface area contributed by atoms with Crippen LogP contribution < -0.4 is 10.0 Å². The molecular weight excluding hydrogens is 493 g/mol. The molecule has 4 aromatic heterocycles. The number of benzene rings is 1. The molecule has 0 saturated carbocycles. The van der Waals surface area contributed by atoms with Crippen LogP contribution in [0, 0.1) is 5.82 Å². The van der Waals surface area contributed by atoms with Gasteiger partial charge in [-0.1, -0.05) is 6.08 Å². The molecule has 0 amide bonds. The summed E-state index contributed by atoms with van der Waals surface area (Å²) in [5, 5.41) is 11.7. The van der Waals surface area contributed by atoms with Gasteiger partial charge in [0.1, 0.15) is 17.0 Å². The Bertz CT molecular complexity index is 1790. The van der Waals surface area contributed by atoms with E-state index >= 15 is 0 Å². The van der Waals surface area contributed by atoms with Gasteiger partial charge in [0.05, 0.1) is 28.9 Å². The summed E-state index contributed by atoms with van der Waals surface area (Å²) < 4.78 is 39.9. The molecule has 0 atom stereocenters. The molecule has 4 N–H and O–H groups in total. The summed E-state index contributed by atoms with van der Waals surface area (Å²) >= 11 is 0. The lowest BCUT2D eigenvalue weighted by molar-refractivity contribution is 0.586. The molecule has 0 radical (unpaired) electrons. The number of H-pyrrole nitrogens is 2. The maximum atomic E-state index is 14.5. The van der Waals surface area contributed by atoms with Gasteiger partial charge in [0, 0.05) is 35.8 Å². The number of hydrogen-bond acceptors (Lipinski definition) is 6. The Morgan fingerprint density at radius 2 is 1.97 bits per heavy atom. The van der Waals surface area contributed by atoms with Crippen molar-refractivity contribution in [2.75, 3.05) is 19.3 Å². The van der Waals surface area contributed by atoms with Crippen LogP contribution in [0.5, 0.6) is 0 Å². The highest BCUT2D eigenvalue weighted by molar-refractivity contribution is 7.88. The van der Waals surface area contributed by atoms with Crippen molar-refractivity contribution in [3.05, 3.63) is 71.8 Å². The minimum absolute atomic E-state index is 0.0162. The van der Waals surface area contributed by atoms with E-state index in [1.54, 1.807) is 12.3 Å². The molecule has 11 heteroatoms. The van der Waals surface area contributed by atoms with Crippen LogP contribution in [0.25, 0.3) is 50.2 Å². The predicted octanol–water partition coefficient (Wildman–Crippen LogP) is 3.73. The number of nitrogens with zero attached hydrogens (tertiary/aromatic N) is 3. The molecule has 37 heavy (non-hydrogen) atoms. The molecule has 0 aliphatic carbocycles. The second-order valence-corrected chi connectivity index (χ2v) is 10.9. The van der Waals surface area contributed by atoms with Crippen molar-refractivity contribution in [3.8, 4) is 22.6 Å². The van der Waals surface area contributed by atoms with E-state index < -0.39 is 15.8 Å². The summed E-state index contributed by atoms with van der Waals surface area (Å²) in [4.78, 5) is 12.8. The fourth-order valence-corrected chi connectivity index (χ4v) is 5.06. The summed E-state index contributed by atoms with van der Waals surface area (Å²) in [6.45, 7) is 1.74. The summed E-state index contributed by atoms with van der Waals surface area (Å²) in [6, 6.07) is 12.2. The fraction of sp³-hybridized carbons (Fsp3) is 0.192. The molecule has 5 aromatic rings. The lowest BCUT2D eigenvalue weighted by Crippen LogP contribution is -2.21. The molecule has 6 rings (SSSR count). The average molecular weight is 518 g/mol. The number of aromatic amines is 2. The van der Waals surface area contributed by atoms with E-state index in [1.165, 1.54) is 17.7 Å². The molecule has 5 heterocycles. The van der Waals surface area contributed by atoms with Gasteiger partial charge in [-0.2, -0.15) is 5.10 Å². The van der Waals surface area contributed by atoms with Crippen LogP contribution in [0.15, 0.2) is 54.7 Å². The smallest absolute Gasteiger partial charge is 0.209 e. The second kappa shape index (κ2) is 9.18. The number of fused-ring (bicyclic) bond motifs is 2. The zero-order valence-electron chi connectivity index (χ0n) is 20.0. The molecular formula is C26H24FN7O2S. The van der Waals surface area contributed by atoms with Gasteiger partial charge in [-0.15, -0.1) is 0 Å². The third-order valence-corrected chi connectivity index (χ3v) is 7.04. The molecule has 1 aliphatic rings. The number of hydrogen-bond donors (Lipinski definition) is 4. The zero-order valence-corrected chi connectivity index (χ0v) is 20.8. The van der Waals surface area contributed by atoms with Crippen LogP contribution in [0.4, 0.5) is 4.39 Å². The highest BCUT2D eigenvalue weighted by atomic mass is 32.2. The van der Waals surface area contributed by atoms with Crippen molar-refractivity contribution in [1.29, 1.82) is 0 Å². The molecule has 0 saturated heterocycles. The van der Waals surface area contributed by atoms with E-state index in [2.05, 4.69) is 36.3 Å². The zero-order chi connectivity index (χ0) is 25.6. The lowest BCUT2D eigenvalue weighted by Gasteiger charge is -2.13. The maximum absolute atomic E-state index is 14.5. The Kier molecular flexibility index (Phi) is 5.82. The Balaban J connectivity index is 1.42. The molecule has 0 spiro atoms. The van der Waals surface area contributed by atoms with E-state index in [0.29, 0.717) is 22.5 Å². The van der Waals surface area contributed by atoms with E-state index in [4.69, 9.17) is 4.98 Å². The Morgan fingerprint density at radius 3 is 2.78 bits per heavy atom. The van der Waals surface area contributed by atoms with Crippen LogP contribution in [0.2, 0.25) is 0 Å². The summed E-state index contributed by atoms with van der Waals surface area (Å²) in [5.74, 6) is -0.473. The van der Waals surface area contributed by atoms with Gasteiger partial charge in [0.15, 0.2) is 0 Å². The summed E-state index contributed by atoms with van der Waals surface area (Å²) in [6.07, 6.45) is 5.80. The monoisotopic (exact) mass is 517 g/mol. The first-order valence-electron chi connectivity index (χ1n) is 11.8. The topological polar surface area (TPSA) is 128 Å². The van der Waals surface area contributed by atoms with Gasteiger partial charge in [-0.3, -0.25) is 10.1 Å². The fourth-order valence-electron chi connectivity index (χ4n) is 4.64. The van der Waals surface area contributed by atoms with E-state index in [0.717, 1.165) is 59.1 Å². The van der Waals surface area contributed by atoms with Gasteiger partial charge in [-0.25, -0.2) is 22.5 Å². The lowest BCUT2D eigenvalue weighted by atomic mass is 10.0.